The van der Waals surface area contributed by atoms with Crippen molar-refractivity contribution in [3.05, 3.63) is 28.2 Å². The normalized spacial score (nSPS) is 16.1. The van der Waals surface area contributed by atoms with Crippen molar-refractivity contribution in [2.24, 2.45) is 0 Å². The number of aliphatic hydroxyl groups excluding tert-OH is 1. The fourth-order valence-corrected chi connectivity index (χ4v) is 3.18. The quantitative estimate of drug-likeness (QED) is 0.828. The van der Waals surface area contributed by atoms with Crippen LogP contribution in [0.5, 0.6) is 0 Å². The van der Waals surface area contributed by atoms with Crippen LogP contribution in [0.25, 0.3) is 0 Å². The smallest absolute Gasteiger partial charge is 0.256 e. The van der Waals surface area contributed by atoms with E-state index in [0.717, 1.165) is 30.2 Å². The number of amides is 1. The Balaban J connectivity index is 2.23. The number of nitrogens with zero attached hydrogens (tertiary/aromatic N) is 1. The van der Waals surface area contributed by atoms with Crippen LogP contribution in [0.15, 0.2) is 22.7 Å². The minimum atomic E-state index is -0.0789. The number of hydrogen-bond acceptors (Lipinski definition) is 3. The summed E-state index contributed by atoms with van der Waals surface area (Å²) in [4.78, 5) is 14.5. The van der Waals surface area contributed by atoms with E-state index in [0.29, 0.717) is 17.8 Å². The van der Waals surface area contributed by atoms with Gasteiger partial charge in [-0.2, -0.15) is 0 Å². The molecule has 110 valence electrons. The van der Waals surface area contributed by atoms with Crippen LogP contribution in [0.1, 0.15) is 42.5 Å². The largest absolute Gasteiger partial charge is 0.398 e. The summed E-state index contributed by atoms with van der Waals surface area (Å²) in [5.74, 6) is -0.0789. The van der Waals surface area contributed by atoms with Crippen molar-refractivity contribution in [2.75, 3.05) is 18.9 Å². The zero-order valence-electron chi connectivity index (χ0n) is 11.5. The number of carbonyl (C=O) groups is 1. The maximum Gasteiger partial charge on any atom is 0.256 e. The first-order valence-corrected chi connectivity index (χ1v) is 7.89. The Bertz CT molecular complexity index is 473. The zero-order valence-corrected chi connectivity index (χ0v) is 13.1. The van der Waals surface area contributed by atoms with Gasteiger partial charge in [0, 0.05) is 22.7 Å². The van der Waals surface area contributed by atoms with Crippen LogP contribution >= 0.6 is 15.9 Å². The van der Waals surface area contributed by atoms with Crippen molar-refractivity contribution < 1.29 is 9.90 Å². The third-order valence-electron chi connectivity index (χ3n) is 3.86. The average Bonchev–Trinajstić information content (AvgIpc) is 2.47. The third-order valence-corrected chi connectivity index (χ3v) is 4.36. The number of anilines is 1. The number of nitrogen functional groups attached to an aromatic ring is 1. The van der Waals surface area contributed by atoms with Gasteiger partial charge in [0.05, 0.1) is 12.2 Å². The molecule has 1 saturated carbocycles. The molecule has 0 atom stereocenters. The van der Waals surface area contributed by atoms with Gasteiger partial charge < -0.3 is 15.7 Å². The molecule has 3 N–H and O–H groups in total. The molecule has 1 aliphatic carbocycles. The number of nitrogens with two attached hydrogens (primary N) is 1. The van der Waals surface area contributed by atoms with E-state index < -0.39 is 0 Å². The summed E-state index contributed by atoms with van der Waals surface area (Å²) in [6.07, 6.45) is 5.55. The maximum atomic E-state index is 12.7. The lowest BCUT2D eigenvalue weighted by Gasteiger charge is -2.34. The predicted octanol–water partition coefficient (Wildman–Crippen LogP) is 2.80. The molecular formula is C15H21BrN2O2. The van der Waals surface area contributed by atoms with Gasteiger partial charge in [-0.05, 0) is 31.0 Å². The molecule has 2 rings (SSSR count). The van der Waals surface area contributed by atoms with Crippen LogP contribution in [-0.4, -0.2) is 35.1 Å². The van der Waals surface area contributed by atoms with Crippen LogP contribution in [0.2, 0.25) is 0 Å². The van der Waals surface area contributed by atoms with E-state index in [1.54, 1.807) is 17.0 Å². The molecule has 0 radical (unpaired) electrons. The van der Waals surface area contributed by atoms with E-state index in [1.807, 2.05) is 6.07 Å². The van der Waals surface area contributed by atoms with E-state index >= 15 is 0 Å². The zero-order chi connectivity index (χ0) is 14.5. The fourth-order valence-electron chi connectivity index (χ4n) is 2.82. The number of carbonyl (C=O) groups excluding carboxylic acids is 1. The molecule has 0 saturated heterocycles. The standard InChI is InChI=1S/C15H21BrN2O2/c16-11-6-7-14(17)13(10-11)15(20)18(8-9-19)12-4-2-1-3-5-12/h6-7,10,12,19H,1-5,8-9,17H2. The highest BCUT2D eigenvalue weighted by Crippen LogP contribution is 2.26. The first-order valence-electron chi connectivity index (χ1n) is 7.10. The van der Waals surface area contributed by atoms with Crippen molar-refractivity contribution in [1.82, 2.24) is 4.90 Å². The van der Waals surface area contributed by atoms with Crippen LogP contribution < -0.4 is 5.73 Å². The van der Waals surface area contributed by atoms with Crippen LogP contribution in [0.4, 0.5) is 5.69 Å². The number of rotatable bonds is 4. The minimum Gasteiger partial charge on any atom is -0.398 e. The van der Waals surface area contributed by atoms with Gasteiger partial charge in [0.15, 0.2) is 0 Å². The van der Waals surface area contributed by atoms with E-state index in [1.165, 1.54) is 6.42 Å². The lowest BCUT2D eigenvalue weighted by molar-refractivity contribution is 0.0586. The van der Waals surface area contributed by atoms with Gasteiger partial charge in [-0.25, -0.2) is 0 Å². The summed E-state index contributed by atoms with van der Waals surface area (Å²) in [7, 11) is 0. The summed E-state index contributed by atoms with van der Waals surface area (Å²) in [6.45, 7) is 0.353. The van der Waals surface area contributed by atoms with Crippen molar-refractivity contribution >= 4 is 27.5 Å². The Morgan fingerprint density at radius 2 is 2.05 bits per heavy atom. The molecule has 0 unspecified atom stereocenters. The Kier molecular flexibility index (Phi) is 5.43. The molecule has 0 aromatic heterocycles. The monoisotopic (exact) mass is 340 g/mol. The maximum absolute atomic E-state index is 12.7. The number of hydrogen-bond donors (Lipinski definition) is 2. The Morgan fingerprint density at radius 1 is 1.35 bits per heavy atom. The van der Waals surface area contributed by atoms with Crippen molar-refractivity contribution in [3.8, 4) is 0 Å². The number of aliphatic hydroxyl groups is 1. The Morgan fingerprint density at radius 3 is 2.70 bits per heavy atom. The molecular weight excluding hydrogens is 320 g/mol. The molecule has 0 aliphatic heterocycles. The van der Waals surface area contributed by atoms with Crippen molar-refractivity contribution in [3.63, 3.8) is 0 Å². The van der Waals surface area contributed by atoms with Crippen molar-refractivity contribution in [2.45, 2.75) is 38.1 Å². The van der Waals surface area contributed by atoms with E-state index in [4.69, 9.17) is 5.73 Å². The second-order valence-corrected chi connectivity index (χ2v) is 6.16. The summed E-state index contributed by atoms with van der Waals surface area (Å²) in [6, 6.07) is 5.53. The molecule has 4 nitrogen and oxygen atoms in total. The summed E-state index contributed by atoms with van der Waals surface area (Å²) >= 11 is 3.37. The first kappa shape index (κ1) is 15.3. The molecule has 0 bridgehead atoms. The minimum absolute atomic E-state index is 0.0177. The summed E-state index contributed by atoms with van der Waals surface area (Å²) in [5, 5.41) is 9.25. The number of benzene rings is 1. The van der Waals surface area contributed by atoms with Gasteiger partial charge in [-0.1, -0.05) is 35.2 Å². The molecule has 20 heavy (non-hydrogen) atoms. The van der Waals surface area contributed by atoms with Gasteiger partial charge in [0.25, 0.3) is 5.91 Å². The van der Waals surface area contributed by atoms with E-state index in [-0.39, 0.29) is 18.6 Å². The van der Waals surface area contributed by atoms with Gasteiger partial charge in [-0.15, -0.1) is 0 Å². The molecule has 0 spiro atoms. The molecule has 1 aliphatic rings. The molecule has 1 aromatic carbocycles. The van der Waals surface area contributed by atoms with Crippen LogP contribution in [0.3, 0.4) is 0 Å². The third kappa shape index (κ3) is 3.52. The van der Waals surface area contributed by atoms with Crippen molar-refractivity contribution in [1.29, 1.82) is 0 Å². The Labute approximate surface area is 128 Å². The van der Waals surface area contributed by atoms with Crippen LogP contribution in [-0.2, 0) is 0 Å². The van der Waals surface area contributed by atoms with Gasteiger partial charge in [0.1, 0.15) is 0 Å². The van der Waals surface area contributed by atoms with Gasteiger partial charge >= 0.3 is 0 Å². The highest BCUT2D eigenvalue weighted by Gasteiger charge is 2.26. The van der Waals surface area contributed by atoms with Gasteiger partial charge in [-0.3, -0.25) is 4.79 Å². The lowest BCUT2D eigenvalue weighted by atomic mass is 9.93. The predicted molar refractivity (Wildman–Crippen MR) is 83.5 cm³/mol. The van der Waals surface area contributed by atoms with E-state index in [2.05, 4.69) is 15.9 Å². The SMILES string of the molecule is Nc1ccc(Br)cc1C(=O)N(CCO)C1CCCCC1. The molecule has 1 aromatic rings. The topological polar surface area (TPSA) is 66.6 Å². The Hall–Kier alpha value is -1.07. The molecule has 5 heteroatoms. The number of halogens is 1. The lowest BCUT2D eigenvalue weighted by Crippen LogP contribution is -2.43. The second-order valence-electron chi connectivity index (χ2n) is 5.25. The highest BCUT2D eigenvalue weighted by molar-refractivity contribution is 9.10. The summed E-state index contributed by atoms with van der Waals surface area (Å²) < 4.78 is 0.836. The first-order chi connectivity index (χ1) is 9.63. The fraction of sp³-hybridized carbons (Fsp3) is 0.533. The average molecular weight is 341 g/mol. The molecule has 1 fully saturated rings. The second kappa shape index (κ2) is 7.09. The van der Waals surface area contributed by atoms with Crippen LogP contribution in [0, 0.1) is 0 Å². The van der Waals surface area contributed by atoms with E-state index in [9.17, 15) is 9.90 Å². The van der Waals surface area contributed by atoms with Gasteiger partial charge in [0.2, 0.25) is 0 Å². The summed E-state index contributed by atoms with van der Waals surface area (Å²) in [5.41, 5.74) is 6.92. The highest BCUT2D eigenvalue weighted by atomic mass is 79.9. The molecule has 1 amide bonds. The molecule has 0 heterocycles.